The Labute approximate surface area is 118 Å². The van der Waals surface area contributed by atoms with Crippen molar-refractivity contribution >= 4 is 27.7 Å². The summed E-state index contributed by atoms with van der Waals surface area (Å²) in [7, 11) is 0. The Kier molecular flexibility index (Phi) is 5.08. The van der Waals surface area contributed by atoms with Crippen LogP contribution in [0.25, 0.3) is 0 Å². The Hall–Kier alpha value is -1.00. The molecule has 0 aliphatic rings. The van der Waals surface area contributed by atoms with E-state index in [4.69, 9.17) is 4.74 Å². The summed E-state index contributed by atoms with van der Waals surface area (Å²) in [4.78, 5) is 1.19. The van der Waals surface area contributed by atoms with Gasteiger partial charge >= 0.3 is 0 Å². The van der Waals surface area contributed by atoms with Crippen LogP contribution in [0.5, 0.6) is 5.75 Å². The van der Waals surface area contributed by atoms with E-state index in [1.165, 1.54) is 11.0 Å². The van der Waals surface area contributed by atoms with Crippen molar-refractivity contribution in [3.63, 3.8) is 0 Å². The van der Waals surface area contributed by atoms with Gasteiger partial charge in [-0.25, -0.2) is 4.39 Å². The molecule has 0 N–H and O–H groups in total. The topological polar surface area (TPSA) is 9.23 Å². The van der Waals surface area contributed by atoms with E-state index in [1.807, 2.05) is 30.3 Å². The van der Waals surface area contributed by atoms with Crippen LogP contribution in [0.3, 0.4) is 0 Å². The van der Waals surface area contributed by atoms with Crippen LogP contribution >= 0.6 is 27.7 Å². The number of ether oxygens (including phenoxy) is 1. The smallest absolute Gasteiger partial charge is 0.166 e. The molecule has 4 heteroatoms. The highest BCUT2D eigenvalue weighted by atomic mass is 79.9. The van der Waals surface area contributed by atoms with E-state index in [0.717, 1.165) is 5.75 Å². The minimum Gasteiger partial charge on any atom is -0.490 e. The van der Waals surface area contributed by atoms with Crippen LogP contribution in [0.15, 0.2) is 57.9 Å². The Balaban J connectivity index is 1.79. The lowest BCUT2D eigenvalue weighted by atomic mass is 10.3. The molecule has 0 radical (unpaired) electrons. The van der Waals surface area contributed by atoms with Crippen molar-refractivity contribution in [3.05, 3.63) is 58.8 Å². The molecule has 1 nitrogen and oxygen atoms in total. The Bertz CT molecular complexity index is 504. The SMILES string of the molecule is Fc1cc(Br)ccc1OCCSc1ccccc1. The van der Waals surface area contributed by atoms with Crippen molar-refractivity contribution in [2.75, 3.05) is 12.4 Å². The number of benzene rings is 2. The van der Waals surface area contributed by atoms with Gasteiger partial charge in [0, 0.05) is 15.1 Å². The lowest BCUT2D eigenvalue weighted by Crippen LogP contribution is -2.01. The van der Waals surface area contributed by atoms with Crippen LogP contribution in [-0.2, 0) is 0 Å². The fraction of sp³-hybridized carbons (Fsp3) is 0.143. The highest BCUT2D eigenvalue weighted by Gasteiger charge is 2.03. The van der Waals surface area contributed by atoms with Gasteiger partial charge in [0.15, 0.2) is 11.6 Å². The first-order valence-electron chi connectivity index (χ1n) is 5.51. The minimum atomic E-state index is -0.339. The highest BCUT2D eigenvalue weighted by Crippen LogP contribution is 2.22. The molecule has 2 rings (SSSR count). The predicted molar refractivity (Wildman–Crippen MR) is 76.8 cm³/mol. The van der Waals surface area contributed by atoms with Gasteiger partial charge in [-0.1, -0.05) is 34.1 Å². The average Bonchev–Trinajstić information content (AvgIpc) is 2.38. The summed E-state index contributed by atoms with van der Waals surface area (Å²) in [5.41, 5.74) is 0. The van der Waals surface area contributed by atoms with Gasteiger partial charge in [-0.05, 0) is 30.3 Å². The summed E-state index contributed by atoms with van der Waals surface area (Å²) in [6, 6.07) is 14.9. The third-order valence-electron chi connectivity index (χ3n) is 2.25. The summed E-state index contributed by atoms with van der Waals surface area (Å²) in [6.45, 7) is 0.484. The third-order valence-corrected chi connectivity index (χ3v) is 3.72. The van der Waals surface area contributed by atoms with Crippen LogP contribution in [0.2, 0.25) is 0 Å². The summed E-state index contributed by atoms with van der Waals surface area (Å²) in [5, 5.41) is 0. The van der Waals surface area contributed by atoms with Crippen molar-refractivity contribution in [2.45, 2.75) is 4.90 Å². The van der Waals surface area contributed by atoms with Gasteiger partial charge in [-0.3, -0.25) is 0 Å². The van der Waals surface area contributed by atoms with Crippen LogP contribution in [0.1, 0.15) is 0 Å². The molecule has 0 saturated heterocycles. The van der Waals surface area contributed by atoms with Gasteiger partial charge < -0.3 is 4.74 Å². The molecule has 0 unspecified atom stereocenters. The first kappa shape index (κ1) is 13.4. The van der Waals surface area contributed by atoms with Gasteiger partial charge in [0.05, 0.1) is 6.61 Å². The second-order valence-corrected chi connectivity index (χ2v) is 5.67. The molecule has 0 aliphatic heterocycles. The first-order chi connectivity index (χ1) is 8.75. The van der Waals surface area contributed by atoms with Gasteiger partial charge in [0.2, 0.25) is 0 Å². The molecule has 0 atom stereocenters. The standard InChI is InChI=1S/C14H12BrFOS/c15-11-6-7-14(13(16)10-11)17-8-9-18-12-4-2-1-3-5-12/h1-7,10H,8-9H2. The Morgan fingerprint density at radius 3 is 2.61 bits per heavy atom. The van der Waals surface area contributed by atoms with Crippen molar-refractivity contribution < 1.29 is 9.13 Å². The van der Waals surface area contributed by atoms with E-state index in [0.29, 0.717) is 16.8 Å². The maximum atomic E-state index is 13.4. The molecule has 0 bridgehead atoms. The summed E-state index contributed by atoms with van der Waals surface area (Å²) < 4.78 is 19.5. The Morgan fingerprint density at radius 2 is 1.89 bits per heavy atom. The molecular formula is C14H12BrFOS. The molecule has 94 valence electrons. The van der Waals surface area contributed by atoms with Crippen LogP contribution in [0.4, 0.5) is 4.39 Å². The maximum absolute atomic E-state index is 13.4. The van der Waals surface area contributed by atoms with E-state index in [9.17, 15) is 4.39 Å². The van der Waals surface area contributed by atoms with E-state index < -0.39 is 0 Å². The second-order valence-electron chi connectivity index (χ2n) is 3.58. The third kappa shape index (κ3) is 4.03. The lowest BCUT2D eigenvalue weighted by Gasteiger charge is -2.07. The summed E-state index contributed by atoms with van der Waals surface area (Å²) in [5.74, 6) is 0.750. The Morgan fingerprint density at radius 1 is 1.11 bits per heavy atom. The van der Waals surface area contributed by atoms with Crippen molar-refractivity contribution in [2.24, 2.45) is 0 Å². The molecule has 18 heavy (non-hydrogen) atoms. The lowest BCUT2D eigenvalue weighted by molar-refractivity contribution is 0.325. The minimum absolute atomic E-state index is 0.298. The van der Waals surface area contributed by atoms with Crippen LogP contribution in [-0.4, -0.2) is 12.4 Å². The zero-order chi connectivity index (χ0) is 12.8. The molecule has 0 aliphatic carbocycles. The summed E-state index contributed by atoms with van der Waals surface area (Å²) in [6.07, 6.45) is 0. The van der Waals surface area contributed by atoms with E-state index in [-0.39, 0.29) is 5.82 Å². The average molecular weight is 327 g/mol. The molecule has 0 spiro atoms. The number of rotatable bonds is 5. The van der Waals surface area contributed by atoms with Crippen molar-refractivity contribution in [1.29, 1.82) is 0 Å². The van der Waals surface area contributed by atoms with E-state index >= 15 is 0 Å². The van der Waals surface area contributed by atoms with Crippen molar-refractivity contribution in [3.8, 4) is 5.75 Å². The van der Waals surface area contributed by atoms with Crippen LogP contribution < -0.4 is 4.74 Å². The number of hydrogen-bond donors (Lipinski definition) is 0. The normalized spacial score (nSPS) is 10.3. The molecule has 2 aromatic carbocycles. The molecule has 0 heterocycles. The molecule has 0 fully saturated rings. The fourth-order valence-corrected chi connectivity index (χ4v) is 2.51. The zero-order valence-electron chi connectivity index (χ0n) is 9.61. The molecule has 0 amide bonds. The summed E-state index contributed by atoms with van der Waals surface area (Å²) >= 11 is 4.90. The largest absolute Gasteiger partial charge is 0.490 e. The van der Waals surface area contributed by atoms with Gasteiger partial charge in [-0.2, -0.15) is 0 Å². The van der Waals surface area contributed by atoms with Gasteiger partial charge in [-0.15, -0.1) is 11.8 Å². The molecule has 0 saturated carbocycles. The monoisotopic (exact) mass is 326 g/mol. The first-order valence-corrected chi connectivity index (χ1v) is 7.29. The molecule has 2 aromatic rings. The van der Waals surface area contributed by atoms with Gasteiger partial charge in [0.25, 0.3) is 0 Å². The molecular weight excluding hydrogens is 315 g/mol. The second kappa shape index (κ2) is 6.81. The number of thioether (sulfide) groups is 1. The number of halogens is 2. The quantitative estimate of drug-likeness (QED) is 0.578. The maximum Gasteiger partial charge on any atom is 0.166 e. The van der Waals surface area contributed by atoms with E-state index in [2.05, 4.69) is 15.9 Å². The fourth-order valence-electron chi connectivity index (χ4n) is 1.42. The zero-order valence-corrected chi connectivity index (χ0v) is 12.0. The van der Waals surface area contributed by atoms with Crippen LogP contribution in [0, 0.1) is 5.82 Å². The predicted octanol–water partition coefficient (Wildman–Crippen LogP) is 4.76. The molecule has 0 aromatic heterocycles. The van der Waals surface area contributed by atoms with Gasteiger partial charge in [0.1, 0.15) is 0 Å². The van der Waals surface area contributed by atoms with Crippen molar-refractivity contribution in [1.82, 2.24) is 0 Å². The number of hydrogen-bond acceptors (Lipinski definition) is 2. The highest BCUT2D eigenvalue weighted by molar-refractivity contribution is 9.10. The van der Waals surface area contributed by atoms with E-state index in [1.54, 1.807) is 23.9 Å².